The highest BCUT2D eigenvalue weighted by Gasteiger charge is 2.15. The first kappa shape index (κ1) is 16.7. The van der Waals surface area contributed by atoms with E-state index in [1.165, 1.54) is 7.11 Å². The number of esters is 1. The predicted octanol–water partition coefficient (Wildman–Crippen LogP) is 3.82. The van der Waals surface area contributed by atoms with Gasteiger partial charge in [-0.3, -0.25) is 9.59 Å². The van der Waals surface area contributed by atoms with Gasteiger partial charge in [0, 0.05) is 26.8 Å². The molecule has 2 rings (SSSR count). The molecule has 0 aliphatic carbocycles. The zero-order valence-electron chi connectivity index (χ0n) is 12.1. The van der Waals surface area contributed by atoms with E-state index < -0.39 is 5.97 Å². The Hall–Kier alpha value is -1.66. The van der Waals surface area contributed by atoms with Crippen LogP contribution in [0.25, 0.3) is 10.4 Å². The fraction of sp³-hybridized carbons (Fsp3) is 0.250. The Morgan fingerprint density at radius 2 is 2.14 bits per heavy atom. The summed E-state index contributed by atoms with van der Waals surface area (Å²) in [6, 6.07) is 7.95. The Morgan fingerprint density at radius 1 is 1.36 bits per heavy atom. The lowest BCUT2D eigenvalue weighted by atomic mass is 10.0. The summed E-state index contributed by atoms with van der Waals surface area (Å²) in [5.74, 6) is -0.645. The number of anilines is 1. The van der Waals surface area contributed by atoms with Crippen LogP contribution in [0.1, 0.15) is 18.4 Å². The number of carbonyl (C=O) groups is 2. The van der Waals surface area contributed by atoms with Crippen LogP contribution in [0.4, 0.5) is 5.69 Å². The number of thiophene rings is 1. The monoisotopic (exact) mass is 381 g/mol. The number of hydrogen-bond acceptors (Lipinski definition) is 5. The van der Waals surface area contributed by atoms with E-state index >= 15 is 0 Å². The van der Waals surface area contributed by atoms with Gasteiger partial charge in [0.2, 0.25) is 0 Å². The van der Waals surface area contributed by atoms with Crippen LogP contribution in [0.3, 0.4) is 0 Å². The van der Waals surface area contributed by atoms with E-state index in [1.54, 1.807) is 11.3 Å². The van der Waals surface area contributed by atoms with Gasteiger partial charge in [0.05, 0.1) is 7.11 Å². The maximum Gasteiger partial charge on any atom is 0.313 e. The summed E-state index contributed by atoms with van der Waals surface area (Å²) in [6.45, 7) is 0. The molecule has 1 aromatic heterocycles. The molecule has 2 N–H and O–H groups in total. The molecule has 0 saturated heterocycles. The van der Waals surface area contributed by atoms with Crippen LogP contribution < -0.4 is 5.73 Å². The number of carbonyl (C=O) groups excluding carboxylic acids is 2. The Morgan fingerprint density at radius 3 is 2.82 bits per heavy atom. The number of Topliss-reactive ketones (excluding diaryl/α,β-unsaturated/α-hetero) is 1. The van der Waals surface area contributed by atoms with Crippen molar-refractivity contribution in [3.8, 4) is 10.4 Å². The molecular weight excluding hydrogens is 366 g/mol. The van der Waals surface area contributed by atoms with Crippen molar-refractivity contribution in [1.29, 1.82) is 0 Å². The number of methoxy groups -OCH3 is 1. The van der Waals surface area contributed by atoms with Crippen molar-refractivity contribution in [2.45, 2.75) is 19.3 Å². The van der Waals surface area contributed by atoms with E-state index in [2.05, 4.69) is 20.7 Å². The van der Waals surface area contributed by atoms with Gasteiger partial charge < -0.3 is 10.5 Å². The molecule has 0 spiro atoms. The van der Waals surface area contributed by atoms with Crippen molar-refractivity contribution >= 4 is 44.7 Å². The van der Waals surface area contributed by atoms with E-state index in [0.29, 0.717) is 12.1 Å². The van der Waals surface area contributed by atoms with Crippen molar-refractivity contribution in [2.24, 2.45) is 0 Å². The summed E-state index contributed by atoms with van der Waals surface area (Å²) in [5.41, 5.74) is 8.73. The summed E-state index contributed by atoms with van der Waals surface area (Å²) in [6.07, 6.45) is 0.608. The molecule has 6 heteroatoms. The highest BCUT2D eigenvalue weighted by atomic mass is 79.9. The van der Waals surface area contributed by atoms with E-state index in [1.807, 2.05) is 29.6 Å². The summed E-state index contributed by atoms with van der Waals surface area (Å²) >= 11 is 5.02. The van der Waals surface area contributed by atoms with Gasteiger partial charge in [-0.05, 0) is 29.7 Å². The summed E-state index contributed by atoms with van der Waals surface area (Å²) < 4.78 is 5.49. The van der Waals surface area contributed by atoms with Crippen LogP contribution in [0, 0.1) is 0 Å². The van der Waals surface area contributed by atoms with Gasteiger partial charge in [-0.25, -0.2) is 0 Å². The first-order chi connectivity index (χ1) is 10.5. The number of halogens is 1. The minimum absolute atomic E-state index is 0.141. The average molecular weight is 382 g/mol. The lowest BCUT2D eigenvalue weighted by molar-refractivity contribution is -0.143. The molecule has 1 heterocycles. The molecular formula is C16H16BrNO3S. The highest BCUT2D eigenvalue weighted by molar-refractivity contribution is 9.10. The Bertz CT molecular complexity index is 696. The SMILES string of the molecule is COC(=O)CC(=O)CCc1c(N)csc1-c1cccc(Br)c1. The Labute approximate surface area is 141 Å². The number of nitrogen functional groups attached to an aromatic ring is 1. The summed E-state index contributed by atoms with van der Waals surface area (Å²) in [4.78, 5) is 23.9. The van der Waals surface area contributed by atoms with E-state index in [0.717, 1.165) is 20.5 Å². The van der Waals surface area contributed by atoms with Crippen LogP contribution in [0.15, 0.2) is 34.1 Å². The van der Waals surface area contributed by atoms with Crippen molar-refractivity contribution in [2.75, 3.05) is 12.8 Å². The molecule has 0 fully saturated rings. The summed E-state index contributed by atoms with van der Waals surface area (Å²) in [5, 5.41) is 1.89. The molecule has 4 nitrogen and oxygen atoms in total. The molecule has 0 amide bonds. The highest BCUT2D eigenvalue weighted by Crippen LogP contribution is 2.36. The van der Waals surface area contributed by atoms with Gasteiger partial charge >= 0.3 is 5.97 Å². The third-order valence-corrected chi connectivity index (χ3v) is 4.82. The quantitative estimate of drug-likeness (QED) is 0.609. The Kier molecular flexibility index (Phi) is 5.74. The minimum atomic E-state index is -0.504. The molecule has 0 bridgehead atoms. The van der Waals surface area contributed by atoms with E-state index in [4.69, 9.17) is 5.73 Å². The normalized spacial score (nSPS) is 10.5. The number of benzene rings is 1. The number of nitrogens with two attached hydrogens (primary N) is 1. The van der Waals surface area contributed by atoms with Gasteiger partial charge in [-0.15, -0.1) is 11.3 Å². The largest absolute Gasteiger partial charge is 0.469 e. The third kappa shape index (κ3) is 4.18. The standard InChI is InChI=1S/C16H16BrNO3S/c1-21-15(20)8-12(19)5-6-13-14(18)9-22-16(13)10-3-2-4-11(17)7-10/h2-4,7,9H,5-6,8,18H2,1H3. The number of ketones is 1. The van der Waals surface area contributed by atoms with Crippen molar-refractivity contribution in [3.05, 3.63) is 39.7 Å². The van der Waals surface area contributed by atoms with E-state index in [9.17, 15) is 9.59 Å². The third-order valence-electron chi connectivity index (χ3n) is 3.24. The topological polar surface area (TPSA) is 69.4 Å². The second-order valence-electron chi connectivity index (χ2n) is 4.80. The second kappa shape index (κ2) is 7.56. The maximum absolute atomic E-state index is 11.8. The molecule has 2 aromatic rings. The number of ether oxygens (including phenoxy) is 1. The average Bonchev–Trinajstić information content (AvgIpc) is 2.86. The second-order valence-corrected chi connectivity index (χ2v) is 6.60. The fourth-order valence-corrected chi connectivity index (χ4v) is 3.52. The van der Waals surface area contributed by atoms with Crippen molar-refractivity contribution in [3.63, 3.8) is 0 Å². The fourth-order valence-electron chi connectivity index (χ4n) is 2.11. The minimum Gasteiger partial charge on any atom is -0.469 e. The molecule has 0 aliphatic heterocycles. The lowest BCUT2D eigenvalue weighted by Crippen LogP contribution is -2.10. The maximum atomic E-state index is 11.8. The van der Waals surface area contributed by atoms with Gasteiger partial charge in [0.25, 0.3) is 0 Å². The van der Waals surface area contributed by atoms with Gasteiger partial charge in [0.15, 0.2) is 0 Å². The van der Waals surface area contributed by atoms with Crippen molar-refractivity contribution < 1.29 is 14.3 Å². The van der Waals surface area contributed by atoms with Crippen molar-refractivity contribution in [1.82, 2.24) is 0 Å². The van der Waals surface area contributed by atoms with Gasteiger partial charge in [-0.2, -0.15) is 0 Å². The molecule has 116 valence electrons. The number of rotatable bonds is 6. The molecule has 0 saturated carbocycles. The van der Waals surface area contributed by atoms with Crippen LogP contribution >= 0.6 is 27.3 Å². The van der Waals surface area contributed by atoms with Crippen LogP contribution in [0.2, 0.25) is 0 Å². The molecule has 0 atom stereocenters. The lowest BCUT2D eigenvalue weighted by Gasteiger charge is -2.06. The first-order valence-corrected chi connectivity index (χ1v) is 8.39. The predicted molar refractivity (Wildman–Crippen MR) is 91.8 cm³/mol. The molecule has 0 unspecified atom stereocenters. The van der Waals surface area contributed by atoms with Crippen LogP contribution in [-0.4, -0.2) is 18.9 Å². The zero-order chi connectivity index (χ0) is 16.1. The van der Waals surface area contributed by atoms with Crippen LogP contribution in [0.5, 0.6) is 0 Å². The Balaban J connectivity index is 2.13. The van der Waals surface area contributed by atoms with Gasteiger partial charge in [0.1, 0.15) is 12.2 Å². The summed E-state index contributed by atoms with van der Waals surface area (Å²) in [7, 11) is 1.28. The first-order valence-electron chi connectivity index (χ1n) is 6.71. The molecule has 0 radical (unpaired) electrons. The molecule has 22 heavy (non-hydrogen) atoms. The molecule has 1 aromatic carbocycles. The smallest absolute Gasteiger partial charge is 0.313 e. The van der Waals surface area contributed by atoms with Gasteiger partial charge in [-0.1, -0.05) is 28.1 Å². The van der Waals surface area contributed by atoms with Crippen LogP contribution in [-0.2, 0) is 20.7 Å². The molecule has 0 aliphatic rings. The van der Waals surface area contributed by atoms with E-state index in [-0.39, 0.29) is 18.6 Å². The number of hydrogen-bond donors (Lipinski definition) is 1. The zero-order valence-corrected chi connectivity index (χ0v) is 14.5.